The first-order chi connectivity index (χ1) is 11.3. The molecule has 0 saturated carbocycles. The predicted octanol–water partition coefficient (Wildman–Crippen LogP) is 2.38. The summed E-state index contributed by atoms with van der Waals surface area (Å²) in [7, 11) is 3.25. The first kappa shape index (κ1) is 16.3. The second kappa shape index (κ2) is 5.83. The van der Waals surface area contributed by atoms with Crippen molar-refractivity contribution in [1.29, 1.82) is 0 Å². The van der Waals surface area contributed by atoms with Gasteiger partial charge in [-0.15, -0.1) is 0 Å². The van der Waals surface area contributed by atoms with Crippen LogP contribution in [0.25, 0.3) is 0 Å². The Labute approximate surface area is 144 Å². The van der Waals surface area contributed by atoms with Crippen LogP contribution in [0.1, 0.15) is 23.1 Å². The van der Waals surface area contributed by atoms with Gasteiger partial charge in [0.1, 0.15) is 11.8 Å². The summed E-state index contributed by atoms with van der Waals surface area (Å²) in [4.78, 5) is 26.7. The molecule has 1 aliphatic rings. The Hall–Kier alpha value is -2.54. The fourth-order valence-electron chi connectivity index (χ4n) is 2.62. The lowest BCUT2D eigenvalue weighted by Crippen LogP contribution is -2.49. The third-order valence-electron chi connectivity index (χ3n) is 4.17. The number of carbonyl (C=O) groups excluding carboxylic acids is 2. The van der Waals surface area contributed by atoms with Crippen LogP contribution in [-0.2, 0) is 11.8 Å². The Morgan fingerprint density at radius 1 is 1.42 bits per heavy atom. The van der Waals surface area contributed by atoms with Crippen molar-refractivity contribution in [3.8, 4) is 5.75 Å². The number of amides is 2. The standard InChI is InChI=1S/C16H17ClN4O3/c1-8-13(17)14(19-20(8)3)16(23)21-9(2)15(22)18-11-6-5-10(24-4)7-12(11)21/h5-7,9H,1-4H3,(H,18,22)/t9-/m0/s1. The van der Waals surface area contributed by atoms with Gasteiger partial charge in [0, 0.05) is 13.1 Å². The molecule has 1 aromatic carbocycles. The first-order valence-electron chi connectivity index (χ1n) is 7.36. The summed E-state index contributed by atoms with van der Waals surface area (Å²) in [5.41, 5.74) is 1.88. The number of aryl methyl sites for hydroxylation is 1. The molecule has 3 rings (SSSR count). The van der Waals surface area contributed by atoms with Gasteiger partial charge in [0.2, 0.25) is 5.91 Å². The third kappa shape index (κ3) is 2.41. The number of carbonyl (C=O) groups is 2. The van der Waals surface area contributed by atoms with E-state index < -0.39 is 11.9 Å². The van der Waals surface area contributed by atoms with Gasteiger partial charge in [0.05, 0.1) is 29.2 Å². The molecule has 2 amide bonds. The van der Waals surface area contributed by atoms with Crippen molar-refractivity contribution in [2.24, 2.45) is 7.05 Å². The highest BCUT2D eigenvalue weighted by Crippen LogP contribution is 2.36. The summed E-state index contributed by atoms with van der Waals surface area (Å²) in [6.07, 6.45) is 0. The van der Waals surface area contributed by atoms with Gasteiger partial charge in [-0.3, -0.25) is 19.2 Å². The number of anilines is 2. The predicted molar refractivity (Wildman–Crippen MR) is 90.9 cm³/mol. The van der Waals surface area contributed by atoms with Crippen LogP contribution in [0.15, 0.2) is 18.2 Å². The molecule has 1 aromatic heterocycles. The number of aromatic nitrogens is 2. The Morgan fingerprint density at radius 2 is 2.12 bits per heavy atom. The third-order valence-corrected chi connectivity index (χ3v) is 4.62. The molecule has 0 fully saturated rings. The monoisotopic (exact) mass is 348 g/mol. The van der Waals surface area contributed by atoms with Gasteiger partial charge in [-0.2, -0.15) is 5.10 Å². The number of nitrogens with zero attached hydrogens (tertiary/aromatic N) is 3. The van der Waals surface area contributed by atoms with Crippen molar-refractivity contribution in [3.05, 3.63) is 34.6 Å². The number of fused-ring (bicyclic) bond motifs is 1. The van der Waals surface area contributed by atoms with Crippen LogP contribution in [0.5, 0.6) is 5.75 Å². The van der Waals surface area contributed by atoms with Crippen molar-refractivity contribution < 1.29 is 14.3 Å². The molecule has 2 heterocycles. The molecule has 7 nitrogen and oxygen atoms in total. The maximum Gasteiger partial charge on any atom is 0.281 e. The largest absolute Gasteiger partial charge is 0.497 e. The maximum atomic E-state index is 13.0. The van der Waals surface area contributed by atoms with E-state index in [2.05, 4.69) is 10.4 Å². The van der Waals surface area contributed by atoms with E-state index in [-0.39, 0.29) is 16.6 Å². The summed E-state index contributed by atoms with van der Waals surface area (Å²) in [6.45, 7) is 3.43. The van der Waals surface area contributed by atoms with E-state index in [4.69, 9.17) is 16.3 Å². The number of halogens is 1. The number of hydrogen-bond acceptors (Lipinski definition) is 4. The molecule has 0 aliphatic carbocycles. The second-order valence-electron chi connectivity index (χ2n) is 5.60. The molecule has 1 N–H and O–H groups in total. The minimum absolute atomic E-state index is 0.118. The number of hydrogen-bond donors (Lipinski definition) is 1. The van der Waals surface area contributed by atoms with Crippen LogP contribution in [-0.4, -0.2) is 34.7 Å². The number of rotatable bonds is 2. The van der Waals surface area contributed by atoms with E-state index in [1.54, 1.807) is 39.1 Å². The Kier molecular flexibility index (Phi) is 3.96. The van der Waals surface area contributed by atoms with Crippen LogP contribution < -0.4 is 15.0 Å². The molecule has 0 spiro atoms. The number of ether oxygens (including phenoxy) is 1. The van der Waals surface area contributed by atoms with E-state index in [9.17, 15) is 9.59 Å². The van der Waals surface area contributed by atoms with E-state index in [1.165, 1.54) is 16.7 Å². The number of nitrogens with one attached hydrogen (secondary N) is 1. The molecule has 126 valence electrons. The second-order valence-corrected chi connectivity index (χ2v) is 5.97. The molecule has 0 radical (unpaired) electrons. The van der Waals surface area contributed by atoms with Crippen molar-refractivity contribution in [2.45, 2.75) is 19.9 Å². The molecular formula is C16H17ClN4O3. The van der Waals surface area contributed by atoms with E-state index >= 15 is 0 Å². The van der Waals surface area contributed by atoms with Crippen LogP contribution in [0.3, 0.4) is 0 Å². The first-order valence-corrected chi connectivity index (χ1v) is 7.74. The summed E-state index contributed by atoms with van der Waals surface area (Å²) >= 11 is 6.24. The van der Waals surface area contributed by atoms with Gasteiger partial charge in [0.15, 0.2) is 5.69 Å². The van der Waals surface area contributed by atoms with E-state index in [0.717, 1.165) is 0 Å². The molecular weight excluding hydrogens is 332 g/mol. The Balaban J connectivity index is 2.13. The Bertz CT molecular complexity index is 846. The average molecular weight is 349 g/mol. The summed E-state index contributed by atoms with van der Waals surface area (Å²) in [5, 5.41) is 7.25. The molecule has 2 aromatic rings. The van der Waals surface area contributed by atoms with Crippen LogP contribution in [0, 0.1) is 6.92 Å². The van der Waals surface area contributed by atoms with Gasteiger partial charge < -0.3 is 10.1 Å². The highest BCUT2D eigenvalue weighted by molar-refractivity contribution is 6.35. The molecule has 0 saturated heterocycles. The average Bonchev–Trinajstić information content (AvgIpc) is 2.82. The van der Waals surface area contributed by atoms with Crippen molar-refractivity contribution in [1.82, 2.24) is 9.78 Å². The van der Waals surface area contributed by atoms with Crippen LogP contribution in [0.2, 0.25) is 5.02 Å². The minimum Gasteiger partial charge on any atom is -0.497 e. The van der Waals surface area contributed by atoms with Gasteiger partial charge >= 0.3 is 0 Å². The SMILES string of the molecule is COc1ccc2c(c1)N(C(=O)c1nn(C)c(C)c1Cl)[C@@H](C)C(=O)N2. The summed E-state index contributed by atoms with van der Waals surface area (Å²) < 4.78 is 6.77. The number of benzene rings is 1. The summed E-state index contributed by atoms with van der Waals surface area (Å²) in [5.74, 6) is -0.122. The normalized spacial score (nSPS) is 16.6. The lowest BCUT2D eigenvalue weighted by molar-refractivity contribution is -0.117. The molecule has 24 heavy (non-hydrogen) atoms. The zero-order valence-electron chi connectivity index (χ0n) is 13.8. The quantitative estimate of drug-likeness (QED) is 0.904. The van der Waals surface area contributed by atoms with Gasteiger partial charge in [-0.25, -0.2) is 0 Å². The van der Waals surface area contributed by atoms with E-state index in [0.29, 0.717) is 22.8 Å². The minimum atomic E-state index is -0.699. The maximum absolute atomic E-state index is 13.0. The smallest absolute Gasteiger partial charge is 0.281 e. The van der Waals surface area contributed by atoms with Gasteiger partial charge in [0.25, 0.3) is 5.91 Å². The number of methoxy groups -OCH3 is 1. The topological polar surface area (TPSA) is 76.5 Å². The molecule has 0 bridgehead atoms. The highest BCUT2D eigenvalue weighted by atomic mass is 35.5. The van der Waals surface area contributed by atoms with Crippen LogP contribution >= 0.6 is 11.6 Å². The summed E-state index contributed by atoms with van der Waals surface area (Å²) in [6, 6.07) is 4.42. The fraction of sp³-hybridized carbons (Fsp3) is 0.312. The van der Waals surface area contributed by atoms with Crippen molar-refractivity contribution in [3.63, 3.8) is 0 Å². The fourth-order valence-corrected chi connectivity index (χ4v) is 2.87. The van der Waals surface area contributed by atoms with Crippen molar-refractivity contribution >= 4 is 34.8 Å². The molecule has 0 unspecified atom stereocenters. The van der Waals surface area contributed by atoms with E-state index in [1.807, 2.05) is 0 Å². The van der Waals surface area contributed by atoms with Crippen molar-refractivity contribution in [2.75, 3.05) is 17.3 Å². The van der Waals surface area contributed by atoms with Gasteiger partial charge in [-0.1, -0.05) is 11.6 Å². The molecule has 1 aliphatic heterocycles. The molecule has 1 atom stereocenters. The van der Waals surface area contributed by atoms with Gasteiger partial charge in [-0.05, 0) is 26.0 Å². The Morgan fingerprint density at radius 3 is 2.71 bits per heavy atom. The zero-order valence-corrected chi connectivity index (χ0v) is 14.5. The molecule has 8 heteroatoms. The lowest BCUT2D eigenvalue weighted by Gasteiger charge is -2.34. The highest BCUT2D eigenvalue weighted by Gasteiger charge is 2.36. The zero-order chi connectivity index (χ0) is 17.6. The van der Waals surface area contributed by atoms with Crippen LogP contribution in [0.4, 0.5) is 11.4 Å². The lowest BCUT2D eigenvalue weighted by atomic mass is 10.1.